The van der Waals surface area contributed by atoms with Gasteiger partial charge in [-0.25, -0.2) is 4.79 Å². The monoisotopic (exact) mass is 266 g/mol. The molecule has 1 aliphatic carbocycles. The molecular weight excluding hydrogens is 244 g/mol. The molecule has 2 bridgehead atoms. The molecule has 3 aliphatic rings. The largest absolute Gasteiger partial charge is 0.481 e. The van der Waals surface area contributed by atoms with Crippen LogP contribution in [0.2, 0.25) is 0 Å². The SMILES string of the molecule is CC1CCCC1NC(=O)N1C2CCC1C(C(=O)O)C2. The maximum Gasteiger partial charge on any atom is 0.318 e. The maximum atomic E-state index is 12.4. The fraction of sp³-hybridized carbons (Fsp3) is 0.857. The Morgan fingerprint density at radius 1 is 1.21 bits per heavy atom. The van der Waals surface area contributed by atoms with Crippen molar-refractivity contribution in [2.75, 3.05) is 0 Å². The Labute approximate surface area is 113 Å². The van der Waals surface area contributed by atoms with Crippen molar-refractivity contribution in [1.82, 2.24) is 10.2 Å². The Morgan fingerprint density at radius 2 is 2.00 bits per heavy atom. The summed E-state index contributed by atoms with van der Waals surface area (Å²) >= 11 is 0. The minimum Gasteiger partial charge on any atom is -0.481 e. The molecule has 0 radical (unpaired) electrons. The Hall–Kier alpha value is -1.26. The van der Waals surface area contributed by atoms with Gasteiger partial charge in [0.2, 0.25) is 0 Å². The van der Waals surface area contributed by atoms with Gasteiger partial charge in [-0.2, -0.15) is 0 Å². The molecule has 2 saturated heterocycles. The first-order valence-electron chi connectivity index (χ1n) is 7.39. The molecule has 2 heterocycles. The van der Waals surface area contributed by atoms with Crippen molar-refractivity contribution in [3.05, 3.63) is 0 Å². The van der Waals surface area contributed by atoms with E-state index < -0.39 is 5.97 Å². The molecule has 19 heavy (non-hydrogen) atoms. The molecule has 5 atom stereocenters. The van der Waals surface area contributed by atoms with E-state index in [1.165, 1.54) is 12.8 Å². The van der Waals surface area contributed by atoms with Crippen LogP contribution in [-0.4, -0.2) is 40.1 Å². The van der Waals surface area contributed by atoms with E-state index >= 15 is 0 Å². The van der Waals surface area contributed by atoms with Crippen molar-refractivity contribution >= 4 is 12.0 Å². The second kappa shape index (κ2) is 4.69. The van der Waals surface area contributed by atoms with Crippen molar-refractivity contribution in [2.24, 2.45) is 11.8 Å². The molecule has 2 aliphatic heterocycles. The van der Waals surface area contributed by atoms with Crippen molar-refractivity contribution < 1.29 is 14.7 Å². The predicted molar refractivity (Wildman–Crippen MR) is 69.7 cm³/mol. The number of carboxylic acid groups (broad SMARTS) is 1. The van der Waals surface area contributed by atoms with Crippen LogP contribution in [0.1, 0.15) is 45.4 Å². The number of hydrogen-bond donors (Lipinski definition) is 2. The quantitative estimate of drug-likeness (QED) is 0.801. The van der Waals surface area contributed by atoms with E-state index in [2.05, 4.69) is 12.2 Å². The third-order valence-corrected chi connectivity index (χ3v) is 5.26. The molecule has 106 valence electrons. The van der Waals surface area contributed by atoms with Gasteiger partial charge >= 0.3 is 12.0 Å². The van der Waals surface area contributed by atoms with Crippen LogP contribution in [0.25, 0.3) is 0 Å². The summed E-state index contributed by atoms with van der Waals surface area (Å²) in [5.74, 6) is -0.566. The van der Waals surface area contributed by atoms with Crippen LogP contribution in [-0.2, 0) is 4.79 Å². The van der Waals surface area contributed by atoms with E-state index in [1.54, 1.807) is 0 Å². The summed E-state index contributed by atoms with van der Waals surface area (Å²) in [4.78, 5) is 25.4. The summed E-state index contributed by atoms with van der Waals surface area (Å²) in [6.07, 6.45) is 5.84. The number of carboxylic acids is 1. The van der Waals surface area contributed by atoms with E-state index in [-0.39, 0.29) is 30.1 Å². The number of aliphatic carboxylic acids is 1. The lowest BCUT2D eigenvalue weighted by Gasteiger charge is -2.27. The van der Waals surface area contributed by atoms with Crippen molar-refractivity contribution in [3.8, 4) is 0 Å². The van der Waals surface area contributed by atoms with E-state index in [9.17, 15) is 14.7 Å². The van der Waals surface area contributed by atoms with E-state index in [0.29, 0.717) is 12.3 Å². The Bertz CT molecular complexity index is 398. The minimum absolute atomic E-state index is 0.0324. The molecule has 3 fully saturated rings. The van der Waals surface area contributed by atoms with Crippen molar-refractivity contribution in [2.45, 2.75) is 63.6 Å². The zero-order chi connectivity index (χ0) is 13.6. The normalized spacial score (nSPS) is 40.7. The number of rotatable bonds is 2. The van der Waals surface area contributed by atoms with Gasteiger partial charge in [0.1, 0.15) is 0 Å². The third-order valence-electron chi connectivity index (χ3n) is 5.26. The summed E-state index contributed by atoms with van der Waals surface area (Å²) < 4.78 is 0. The molecule has 2 amide bonds. The average molecular weight is 266 g/mol. The summed E-state index contributed by atoms with van der Waals surface area (Å²) in [6, 6.07) is 0.299. The van der Waals surface area contributed by atoms with Gasteiger partial charge in [-0.05, 0) is 38.0 Å². The molecule has 1 saturated carbocycles. The lowest BCUT2D eigenvalue weighted by molar-refractivity contribution is -0.142. The standard InChI is InChI=1S/C14H22N2O3/c1-8-3-2-4-11(8)15-14(19)16-9-5-6-12(16)10(7-9)13(17)18/h8-12H,2-7H2,1H3,(H,15,19)(H,17,18). The number of nitrogens with one attached hydrogen (secondary N) is 1. The number of carbonyl (C=O) groups is 2. The molecule has 0 aromatic carbocycles. The lowest BCUT2D eigenvalue weighted by atomic mass is 9.89. The average Bonchev–Trinajstić information content (AvgIpc) is 3.04. The number of fused-ring (bicyclic) bond motifs is 2. The van der Waals surface area contributed by atoms with Gasteiger partial charge in [0.25, 0.3) is 0 Å². The summed E-state index contributed by atoms with van der Waals surface area (Å²) in [5, 5.41) is 12.3. The highest BCUT2D eigenvalue weighted by atomic mass is 16.4. The first-order valence-corrected chi connectivity index (χ1v) is 7.39. The van der Waals surface area contributed by atoms with Crippen LogP contribution >= 0.6 is 0 Å². The molecule has 0 aromatic heterocycles. The van der Waals surface area contributed by atoms with Crippen LogP contribution in [0.4, 0.5) is 4.79 Å². The first-order chi connectivity index (χ1) is 9.08. The Kier molecular flexibility index (Phi) is 3.15. The topological polar surface area (TPSA) is 69.6 Å². The highest BCUT2D eigenvalue weighted by Crippen LogP contribution is 2.42. The summed E-state index contributed by atoms with van der Waals surface area (Å²) in [5.41, 5.74) is 0. The van der Waals surface area contributed by atoms with Crippen LogP contribution < -0.4 is 5.32 Å². The van der Waals surface area contributed by atoms with Crippen LogP contribution in [0.3, 0.4) is 0 Å². The van der Waals surface area contributed by atoms with Gasteiger partial charge in [0.15, 0.2) is 0 Å². The smallest absolute Gasteiger partial charge is 0.318 e. The minimum atomic E-state index is -0.751. The van der Waals surface area contributed by atoms with Crippen LogP contribution in [0, 0.1) is 11.8 Å². The first kappa shape index (κ1) is 12.8. The van der Waals surface area contributed by atoms with Gasteiger partial charge in [-0.1, -0.05) is 13.3 Å². The fourth-order valence-electron chi connectivity index (χ4n) is 4.16. The van der Waals surface area contributed by atoms with E-state index in [4.69, 9.17) is 0 Å². The zero-order valence-electron chi connectivity index (χ0n) is 11.3. The molecule has 2 N–H and O–H groups in total. The number of carbonyl (C=O) groups excluding carboxylic acids is 1. The van der Waals surface area contributed by atoms with Gasteiger partial charge in [0, 0.05) is 18.1 Å². The highest BCUT2D eigenvalue weighted by molar-refractivity contribution is 5.79. The predicted octanol–water partition coefficient (Wildman–Crippen LogP) is 1.82. The highest BCUT2D eigenvalue weighted by Gasteiger charge is 2.51. The second-order valence-electron chi connectivity index (χ2n) is 6.35. The van der Waals surface area contributed by atoms with Crippen molar-refractivity contribution in [3.63, 3.8) is 0 Å². The molecule has 5 unspecified atom stereocenters. The van der Waals surface area contributed by atoms with Crippen LogP contribution in [0.5, 0.6) is 0 Å². The van der Waals surface area contributed by atoms with Crippen LogP contribution in [0.15, 0.2) is 0 Å². The fourth-order valence-corrected chi connectivity index (χ4v) is 4.16. The molecule has 5 heteroatoms. The van der Waals surface area contributed by atoms with Gasteiger partial charge in [0.05, 0.1) is 5.92 Å². The molecule has 5 nitrogen and oxygen atoms in total. The Morgan fingerprint density at radius 3 is 2.58 bits per heavy atom. The van der Waals surface area contributed by atoms with E-state index in [0.717, 1.165) is 19.3 Å². The number of hydrogen-bond acceptors (Lipinski definition) is 2. The van der Waals surface area contributed by atoms with Crippen molar-refractivity contribution in [1.29, 1.82) is 0 Å². The maximum absolute atomic E-state index is 12.4. The van der Waals surface area contributed by atoms with Gasteiger partial charge < -0.3 is 15.3 Å². The number of urea groups is 1. The van der Waals surface area contributed by atoms with Gasteiger partial charge in [-0.3, -0.25) is 4.79 Å². The Balaban J connectivity index is 1.66. The summed E-state index contributed by atoms with van der Waals surface area (Å²) in [6.45, 7) is 2.18. The number of nitrogens with zero attached hydrogens (tertiary/aromatic N) is 1. The number of amides is 2. The molecule has 3 rings (SSSR count). The zero-order valence-corrected chi connectivity index (χ0v) is 11.3. The third kappa shape index (κ3) is 2.09. The van der Waals surface area contributed by atoms with E-state index in [1.807, 2.05) is 4.90 Å². The molecule has 0 aromatic rings. The summed E-state index contributed by atoms with van der Waals surface area (Å²) in [7, 11) is 0. The molecule has 0 spiro atoms. The molecular formula is C14H22N2O3. The second-order valence-corrected chi connectivity index (χ2v) is 6.35. The van der Waals surface area contributed by atoms with Gasteiger partial charge in [-0.15, -0.1) is 0 Å². The lowest BCUT2D eigenvalue weighted by Crippen LogP contribution is -2.48.